The second-order valence-electron chi connectivity index (χ2n) is 6.67. The summed E-state index contributed by atoms with van der Waals surface area (Å²) in [5.41, 5.74) is 2.79. The Morgan fingerprint density at radius 2 is 1.92 bits per heavy atom. The number of carbonyl (C=O) groups is 1. The average molecular weight is 356 g/mol. The van der Waals surface area contributed by atoms with Crippen molar-refractivity contribution in [3.8, 4) is 5.75 Å². The van der Waals surface area contributed by atoms with E-state index in [0.29, 0.717) is 6.54 Å². The molecule has 0 saturated heterocycles. The molecule has 1 heterocycles. The van der Waals surface area contributed by atoms with Crippen molar-refractivity contribution in [2.24, 2.45) is 0 Å². The predicted molar refractivity (Wildman–Crippen MR) is 99.5 cm³/mol. The largest absolute Gasteiger partial charge is 0.490 e. The molecule has 2 aromatic carbocycles. The molecule has 0 saturated carbocycles. The third-order valence-corrected chi connectivity index (χ3v) is 4.80. The third kappa shape index (κ3) is 4.82. The van der Waals surface area contributed by atoms with Gasteiger partial charge in [0.25, 0.3) is 0 Å². The highest BCUT2D eigenvalue weighted by atomic mass is 19.1. The standard InChI is InChI=1S/C21H25FN2O2/c1-16(24-12-10-17-6-2-3-7-18(17)15-24)14-23-21(25)11-13-26-20-9-5-4-8-19(20)22/h2-9,16H,10-15H2,1H3,(H,23,25). The number of fused-ring (bicyclic) bond motifs is 1. The van der Waals surface area contributed by atoms with E-state index in [1.165, 1.54) is 17.2 Å². The lowest BCUT2D eigenvalue weighted by atomic mass is 9.99. The van der Waals surface area contributed by atoms with E-state index >= 15 is 0 Å². The van der Waals surface area contributed by atoms with Gasteiger partial charge < -0.3 is 10.1 Å². The number of nitrogens with zero attached hydrogens (tertiary/aromatic N) is 1. The van der Waals surface area contributed by atoms with Gasteiger partial charge in [-0.3, -0.25) is 9.69 Å². The maximum atomic E-state index is 13.4. The van der Waals surface area contributed by atoms with Crippen LogP contribution in [0, 0.1) is 5.82 Å². The van der Waals surface area contributed by atoms with E-state index in [-0.39, 0.29) is 30.7 Å². The number of para-hydroxylation sites is 1. The summed E-state index contributed by atoms with van der Waals surface area (Å²) in [5.74, 6) is -0.307. The van der Waals surface area contributed by atoms with Gasteiger partial charge in [-0.15, -0.1) is 0 Å². The molecule has 0 fully saturated rings. The van der Waals surface area contributed by atoms with E-state index in [1.807, 2.05) is 0 Å². The molecular weight excluding hydrogens is 331 g/mol. The summed E-state index contributed by atoms with van der Waals surface area (Å²) in [6.45, 7) is 4.82. The molecule has 2 aromatic rings. The van der Waals surface area contributed by atoms with Crippen LogP contribution >= 0.6 is 0 Å². The molecule has 1 aliphatic heterocycles. The normalized spacial score (nSPS) is 15.2. The highest BCUT2D eigenvalue weighted by molar-refractivity contribution is 5.76. The third-order valence-electron chi connectivity index (χ3n) is 4.80. The minimum Gasteiger partial charge on any atom is -0.490 e. The summed E-state index contributed by atoms with van der Waals surface area (Å²) in [6.07, 6.45) is 1.26. The molecule has 1 atom stereocenters. The second-order valence-corrected chi connectivity index (χ2v) is 6.67. The number of nitrogens with one attached hydrogen (secondary N) is 1. The van der Waals surface area contributed by atoms with Crippen LogP contribution in [0.15, 0.2) is 48.5 Å². The molecule has 5 heteroatoms. The first-order valence-corrected chi connectivity index (χ1v) is 9.08. The van der Waals surface area contributed by atoms with E-state index in [4.69, 9.17) is 4.74 Å². The van der Waals surface area contributed by atoms with Crippen LogP contribution in [-0.2, 0) is 17.8 Å². The fraction of sp³-hybridized carbons (Fsp3) is 0.381. The summed E-state index contributed by atoms with van der Waals surface area (Å²) in [6, 6.07) is 15.0. The van der Waals surface area contributed by atoms with Crippen LogP contribution in [0.5, 0.6) is 5.75 Å². The Balaban J connectivity index is 1.38. The minimum atomic E-state index is -0.410. The highest BCUT2D eigenvalue weighted by Gasteiger charge is 2.20. The monoisotopic (exact) mass is 356 g/mol. The van der Waals surface area contributed by atoms with Crippen molar-refractivity contribution >= 4 is 5.91 Å². The van der Waals surface area contributed by atoms with Crippen LogP contribution in [0.2, 0.25) is 0 Å². The Morgan fingerprint density at radius 3 is 2.73 bits per heavy atom. The van der Waals surface area contributed by atoms with Crippen LogP contribution < -0.4 is 10.1 Å². The van der Waals surface area contributed by atoms with Crippen LogP contribution in [-0.4, -0.2) is 36.5 Å². The summed E-state index contributed by atoms with van der Waals surface area (Å²) < 4.78 is 18.8. The van der Waals surface area contributed by atoms with Crippen molar-refractivity contribution in [3.63, 3.8) is 0 Å². The smallest absolute Gasteiger partial charge is 0.223 e. The first-order chi connectivity index (χ1) is 12.6. The molecule has 138 valence electrons. The number of ether oxygens (including phenoxy) is 1. The SMILES string of the molecule is CC(CNC(=O)CCOc1ccccc1F)N1CCc2ccccc2C1. The van der Waals surface area contributed by atoms with Gasteiger partial charge in [0.1, 0.15) is 0 Å². The summed E-state index contributed by atoms with van der Waals surface area (Å²) in [5, 5.41) is 2.95. The van der Waals surface area contributed by atoms with Crippen molar-refractivity contribution in [1.82, 2.24) is 10.2 Å². The molecule has 0 radical (unpaired) electrons. The Bertz CT molecular complexity index is 750. The van der Waals surface area contributed by atoms with Crippen LogP contribution in [0.3, 0.4) is 0 Å². The van der Waals surface area contributed by atoms with Gasteiger partial charge in [0.2, 0.25) is 5.91 Å². The first-order valence-electron chi connectivity index (χ1n) is 9.08. The van der Waals surface area contributed by atoms with E-state index in [1.54, 1.807) is 18.2 Å². The second kappa shape index (κ2) is 8.81. The van der Waals surface area contributed by atoms with Gasteiger partial charge in [0.05, 0.1) is 13.0 Å². The molecule has 0 aromatic heterocycles. The summed E-state index contributed by atoms with van der Waals surface area (Å²) in [4.78, 5) is 14.4. The molecule has 1 N–H and O–H groups in total. The molecule has 4 nitrogen and oxygen atoms in total. The van der Waals surface area contributed by atoms with Gasteiger partial charge >= 0.3 is 0 Å². The van der Waals surface area contributed by atoms with Crippen LogP contribution in [0.25, 0.3) is 0 Å². The van der Waals surface area contributed by atoms with Crippen molar-refractivity contribution in [2.45, 2.75) is 32.4 Å². The predicted octanol–water partition coefficient (Wildman–Crippen LogP) is 3.16. The van der Waals surface area contributed by atoms with Gasteiger partial charge in [-0.1, -0.05) is 36.4 Å². The van der Waals surface area contributed by atoms with Gasteiger partial charge in [0.15, 0.2) is 11.6 Å². The molecular formula is C21H25FN2O2. The Hall–Kier alpha value is -2.40. The summed E-state index contributed by atoms with van der Waals surface area (Å²) >= 11 is 0. The fourth-order valence-electron chi connectivity index (χ4n) is 3.19. The van der Waals surface area contributed by atoms with Gasteiger partial charge in [0, 0.05) is 25.7 Å². The maximum Gasteiger partial charge on any atom is 0.223 e. The Morgan fingerprint density at radius 1 is 1.19 bits per heavy atom. The number of carbonyl (C=O) groups excluding carboxylic acids is 1. The van der Waals surface area contributed by atoms with Crippen molar-refractivity contribution in [2.75, 3.05) is 19.7 Å². The lowest BCUT2D eigenvalue weighted by molar-refractivity contribution is -0.121. The van der Waals surface area contributed by atoms with E-state index in [2.05, 4.69) is 41.4 Å². The first kappa shape index (κ1) is 18.4. The van der Waals surface area contributed by atoms with Crippen molar-refractivity contribution in [1.29, 1.82) is 0 Å². The average Bonchev–Trinajstić information content (AvgIpc) is 2.67. The van der Waals surface area contributed by atoms with Crippen molar-refractivity contribution < 1.29 is 13.9 Å². The van der Waals surface area contributed by atoms with Gasteiger partial charge in [-0.05, 0) is 36.6 Å². The number of benzene rings is 2. The molecule has 0 bridgehead atoms. The zero-order chi connectivity index (χ0) is 18.4. The van der Waals surface area contributed by atoms with E-state index in [0.717, 1.165) is 19.5 Å². The highest BCUT2D eigenvalue weighted by Crippen LogP contribution is 2.20. The Labute approximate surface area is 154 Å². The Kier molecular flexibility index (Phi) is 6.23. The van der Waals surface area contributed by atoms with Gasteiger partial charge in [-0.25, -0.2) is 4.39 Å². The molecule has 1 unspecified atom stereocenters. The quantitative estimate of drug-likeness (QED) is 0.829. The number of halogens is 1. The number of amides is 1. The molecule has 0 spiro atoms. The summed E-state index contributed by atoms with van der Waals surface area (Å²) in [7, 11) is 0. The topological polar surface area (TPSA) is 41.6 Å². The lowest BCUT2D eigenvalue weighted by Crippen LogP contribution is -2.44. The number of rotatable bonds is 7. The number of hydrogen-bond donors (Lipinski definition) is 1. The van der Waals surface area contributed by atoms with Gasteiger partial charge in [-0.2, -0.15) is 0 Å². The van der Waals surface area contributed by atoms with E-state index in [9.17, 15) is 9.18 Å². The lowest BCUT2D eigenvalue weighted by Gasteiger charge is -2.33. The zero-order valence-electron chi connectivity index (χ0n) is 15.1. The molecule has 26 heavy (non-hydrogen) atoms. The number of hydrogen-bond acceptors (Lipinski definition) is 3. The van der Waals surface area contributed by atoms with Crippen LogP contribution in [0.4, 0.5) is 4.39 Å². The molecule has 1 amide bonds. The molecule has 0 aliphatic carbocycles. The maximum absolute atomic E-state index is 13.4. The zero-order valence-corrected chi connectivity index (χ0v) is 15.1. The van der Waals surface area contributed by atoms with Crippen molar-refractivity contribution in [3.05, 3.63) is 65.5 Å². The van der Waals surface area contributed by atoms with E-state index < -0.39 is 5.82 Å². The minimum absolute atomic E-state index is 0.0781. The van der Waals surface area contributed by atoms with Crippen LogP contribution in [0.1, 0.15) is 24.5 Å². The fourth-order valence-corrected chi connectivity index (χ4v) is 3.19. The molecule has 3 rings (SSSR count). The molecule has 1 aliphatic rings.